The Kier molecular flexibility index (Phi) is 2.22. The zero-order valence-electron chi connectivity index (χ0n) is 10.1. The first kappa shape index (κ1) is 10.1. The zero-order chi connectivity index (χ0) is 11.8. The van der Waals surface area contributed by atoms with Crippen molar-refractivity contribution in [2.45, 2.75) is 6.92 Å². The Bertz CT molecular complexity index is 666. The minimum Gasteiger partial charge on any atom is -0.312 e. The highest BCUT2D eigenvalue weighted by atomic mass is 15.0. The Morgan fingerprint density at radius 2 is 1.76 bits per heavy atom. The SMILES string of the molecule is Cc1cn2cccc2c(-c2ccccc2)[n+]1C. The predicted molar refractivity (Wildman–Crippen MR) is 68.7 cm³/mol. The highest BCUT2D eigenvalue weighted by Gasteiger charge is 2.17. The van der Waals surface area contributed by atoms with E-state index >= 15 is 0 Å². The van der Waals surface area contributed by atoms with Crippen molar-refractivity contribution in [3.05, 3.63) is 60.6 Å². The lowest BCUT2D eigenvalue weighted by atomic mass is 10.1. The maximum Gasteiger partial charge on any atom is 0.236 e. The van der Waals surface area contributed by atoms with Gasteiger partial charge in [0.2, 0.25) is 5.69 Å². The van der Waals surface area contributed by atoms with Crippen LogP contribution >= 0.6 is 0 Å². The standard InChI is InChI=1S/C15H15N2/c1-12-11-17-10-6-9-14(17)15(16(12)2)13-7-4-3-5-8-13/h3-11H,1-2H3/q+1. The number of hydrogen-bond acceptors (Lipinski definition) is 0. The van der Waals surface area contributed by atoms with Crippen LogP contribution in [0, 0.1) is 6.92 Å². The minimum atomic E-state index is 1.24. The second kappa shape index (κ2) is 3.74. The molecule has 2 heteroatoms. The molecule has 2 heterocycles. The second-order valence-corrected chi connectivity index (χ2v) is 4.34. The Morgan fingerprint density at radius 3 is 2.53 bits per heavy atom. The topological polar surface area (TPSA) is 8.29 Å². The van der Waals surface area contributed by atoms with Gasteiger partial charge in [0.25, 0.3) is 0 Å². The molecule has 84 valence electrons. The average molecular weight is 223 g/mol. The van der Waals surface area contributed by atoms with Gasteiger partial charge in [-0.2, -0.15) is 4.57 Å². The molecule has 0 saturated heterocycles. The highest BCUT2D eigenvalue weighted by Crippen LogP contribution is 2.21. The van der Waals surface area contributed by atoms with Crippen molar-refractivity contribution < 1.29 is 4.57 Å². The average Bonchev–Trinajstić information content (AvgIpc) is 2.79. The Labute approximate surface area is 101 Å². The summed E-state index contributed by atoms with van der Waals surface area (Å²) in [5.41, 5.74) is 5.00. The van der Waals surface area contributed by atoms with Crippen molar-refractivity contribution >= 4 is 5.52 Å². The van der Waals surface area contributed by atoms with Crippen molar-refractivity contribution in [3.63, 3.8) is 0 Å². The molecule has 0 aliphatic carbocycles. The van der Waals surface area contributed by atoms with E-state index in [1.54, 1.807) is 0 Å². The molecule has 0 N–H and O–H groups in total. The van der Waals surface area contributed by atoms with Crippen LogP contribution in [0.3, 0.4) is 0 Å². The third-order valence-corrected chi connectivity index (χ3v) is 3.26. The molecule has 2 nitrogen and oxygen atoms in total. The van der Waals surface area contributed by atoms with Crippen molar-refractivity contribution in [1.82, 2.24) is 4.40 Å². The molecule has 17 heavy (non-hydrogen) atoms. The minimum absolute atomic E-state index is 1.24. The van der Waals surface area contributed by atoms with E-state index in [9.17, 15) is 0 Å². The van der Waals surface area contributed by atoms with Gasteiger partial charge in [0, 0.05) is 18.7 Å². The van der Waals surface area contributed by atoms with Gasteiger partial charge < -0.3 is 4.40 Å². The Morgan fingerprint density at radius 1 is 1.00 bits per heavy atom. The van der Waals surface area contributed by atoms with Crippen LogP contribution in [-0.4, -0.2) is 4.40 Å². The van der Waals surface area contributed by atoms with E-state index in [1.165, 1.54) is 22.5 Å². The predicted octanol–water partition coefficient (Wildman–Crippen LogP) is 2.74. The molecule has 2 aromatic heterocycles. The number of fused-ring (bicyclic) bond motifs is 1. The smallest absolute Gasteiger partial charge is 0.236 e. The van der Waals surface area contributed by atoms with E-state index in [0.717, 1.165) is 0 Å². The summed E-state index contributed by atoms with van der Waals surface area (Å²) < 4.78 is 4.42. The van der Waals surface area contributed by atoms with E-state index in [0.29, 0.717) is 0 Å². The molecule has 0 fully saturated rings. The van der Waals surface area contributed by atoms with Crippen LogP contribution in [0.4, 0.5) is 0 Å². The summed E-state index contributed by atoms with van der Waals surface area (Å²) in [6, 6.07) is 14.8. The van der Waals surface area contributed by atoms with E-state index in [-0.39, 0.29) is 0 Å². The van der Waals surface area contributed by atoms with E-state index in [1.807, 2.05) is 0 Å². The highest BCUT2D eigenvalue weighted by molar-refractivity contribution is 5.74. The van der Waals surface area contributed by atoms with Crippen molar-refractivity contribution in [2.24, 2.45) is 7.05 Å². The van der Waals surface area contributed by atoms with Gasteiger partial charge in [0.1, 0.15) is 12.6 Å². The summed E-state index contributed by atoms with van der Waals surface area (Å²) in [7, 11) is 2.12. The molecular formula is C15H15N2+. The summed E-state index contributed by atoms with van der Waals surface area (Å²) in [6.45, 7) is 2.13. The van der Waals surface area contributed by atoms with Crippen LogP contribution in [-0.2, 0) is 7.05 Å². The summed E-state index contributed by atoms with van der Waals surface area (Å²) in [4.78, 5) is 0. The fraction of sp³-hybridized carbons (Fsp3) is 0.133. The first-order valence-electron chi connectivity index (χ1n) is 5.79. The van der Waals surface area contributed by atoms with E-state index < -0.39 is 0 Å². The molecule has 3 aromatic rings. The molecule has 0 aliphatic rings. The maximum atomic E-state index is 2.24. The van der Waals surface area contributed by atoms with Crippen LogP contribution in [0.2, 0.25) is 0 Å². The first-order valence-corrected chi connectivity index (χ1v) is 5.79. The zero-order valence-corrected chi connectivity index (χ0v) is 10.1. The lowest BCUT2D eigenvalue weighted by Gasteiger charge is -2.05. The molecule has 0 radical (unpaired) electrons. The van der Waals surface area contributed by atoms with Crippen molar-refractivity contribution in [3.8, 4) is 11.3 Å². The fourth-order valence-electron chi connectivity index (χ4n) is 2.28. The Hall–Kier alpha value is -2.09. The van der Waals surface area contributed by atoms with E-state index in [4.69, 9.17) is 0 Å². The number of rotatable bonds is 1. The molecule has 1 aromatic carbocycles. The molecule has 0 saturated carbocycles. The summed E-state index contributed by atoms with van der Waals surface area (Å²) >= 11 is 0. The normalized spacial score (nSPS) is 10.9. The molecule has 0 amide bonds. The van der Waals surface area contributed by atoms with Crippen LogP contribution in [0.1, 0.15) is 5.69 Å². The molecule has 0 unspecified atom stereocenters. The van der Waals surface area contributed by atoms with Crippen LogP contribution in [0.5, 0.6) is 0 Å². The van der Waals surface area contributed by atoms with Gasteiger partial charge in [-0.1, -0.05) is 18.2 Å². The van der Waals surface area contributed by atoms with Crippen molar-refractivity contribution in [2.75, 3.05) is 0 Å². The second-order valence-electron chi connectivity index (χ2n) is 4.34. The van der Waals surface area contributed by atoms with Gasteiger partial charge >= 0.3 is 0 Å². The molecule has 0 aliphatic heterocycles. The van der Waals surface area contributed by atoms with Gasteiger partial charge in [0.05, 0.1) is 6.20 Å². The summed E-state index contributed by atoms with van der Waals surface area (Å²) in [6.07, 6.45) is 4.25. The Balaban J connectivity index is 2.42. The summed E-state index contributed by atoms with van der Waals surface area (Å²) in [5.74, 6) is 0. The largest absolute Gasteiger partial charge is 0.312 e. The van der Waals surface area contributed by atoms with Crippen LogP contribution in [0.15, 0.2) is 54.9 Å². The van der Waals surface area contributed by atoms with Gasteiger partial charge in [-0.3, -0.25) is 0 Å². The third kappa shape index (κ3) is 1.53. The quantitative estimate of drug-likeness (QED) is 0.561. The van der Waals surface area contributed by atoms with Gasteiger partial charge in [0.15, 0.2) is 5.69 Å². The van der Waals surface area contributed by atoms with E-state index in [2.05, 4.69) is 77.8 Å². The number of nitrogens with zero attached hydrogens (tertiary/aromatic N) is 2. The van der Waals surface area contributed by atoms with Crippen molar-refractivity contribution in [1.29, 1.82) is 0 Å². The van der Waals surface area contributed by atoms with Gasteiger partial charge in [-0.05, 0) is 24.3 Å². The van der Waals surface area contributed by atoms with Gasteiger partial charge in [-0.25, -0.2) is 0 Å². The molecule has 0 bridgehead atoms. The monoisotopic (exact) mass is 223 g/mol. The third-order valence-electron chi connectivity index (χ3n) is 3.26. The maximum absolute atomic E-state index is 2.24. The lowest BCUT2D eigenvalue weighted by Crippen LogP contribution is -2.35. The molecule has 3 rings (SSSR count). The molecular weight excluding hydrogens is 208 g/mol. The molecule has 0 atom stereocenters. The van der Waals surface area contributed by atoms with Gasteiger partial charge in [-0.15, -0.1) is 0 Å². The number of hydrogen-bond donors (Lipinski definition) is 0. The molecule has 0 spiro atoms. The lowest BCUT2D eigenvalue weighted by molar-refractivity contribution is -0.666. The first-order chi connectivity index (χ1) is 8.27. The van der Waals surface area contributed by atoms with Crippen LogP contribution in [0.25, 0.3) is 16.8 Å². The number of aryl methyl sites for hydroxylation is 1. The summed E-state index contributed by atoms with van der Waals surface area (Å²) in [5, 5.41) is 0. The number of aromatic nitrogens is 2. The fourth-order valence-corrected chi connectivity index (χ4v) is 2.28. The number of benzene rings is 1. The van der Waals surface area contributed by atoms with Crippen LogP contribution < -0.4 is 4.57 Å².